The molecule has 0 aromatic rings. The normalized spacial score (nSPS) is 11.3. The Bertz CT molecular complexity index is 223. The van der Waals surface area contributed by atoms with Crippen LogP contribution in [0.1, 0.15) is 20.8 Å². The van der Waals surface area contributed by atoms with E-state index >= 15 is 0 Å². The van der Waals surface area contributed by atoms with Crippen LogP contribution in [0.2, 0.25) is 0 Å². The molecule has 0 radical (unpaired) electrons. The molecule has 0 atom stereocenters. The summed E-state index contributed by atoms with van der Waals surface area (Å²) < 4.78 is 15.3. The van der Waals surface area contributed by atoms with Crippen LogP contribution in [0, 0.1) is 0 Å². The number of esters is 1. The first-order valence-electron chi connectivity index (χ1n) is 6.77. The van der Waals surface area contributed by atoms with E-state index in [0.717, 1.165) is 13.1 Å². The van der Waals surface area contributed by atoms with E-state index in [1.165, 1.54) is 0 Å². The molecule has 0 aliphatic rings. The highest BCUT2D eigenvalue weighted by Gasteiger charge is 2.09. The molecule has 0 saturated carbocycles. The Morgan fingerprint density at radius 1 is 1.16 bits per heavy atom. The maximum Gasteiger partial charge on any atom is 0.332 e. The average Bonchev–Trinajstić information content (AvgIpc) is 2.36. The zero-order valence-electron chi connectivity index (χ0n) is 12.3. The van der Waals surface area contributed by atoms with E-state index in [-0.39, 0.29) is 19.2 Å². The number of rotatable bonds is 12. The third-order valence-electron chi connectivity index (χ3n) is 2.54. The van der Waals surface area contributed by atoms with Crippen molar-refractivity contribution in [1.29, 1.82) is 0 Å². The highest BCUT2D eigenvalue weighted by molar-refractivity contribution is 5.70. The van der Waals surface area contributed by atoms with Gasteiger partial charge in [-0.15, -0.1) is 0 Å². The third kappa shape index (κ3) is 10.9. The summed E-state index contributed by atoms with van der Waals surface area (Å²) in [4.78, 5) is 13.3. The van der Waals surface area contributed by atoms with Gasteiger partial charge in [-0.2, -0.15) is 0 Å². The summed E-state index contributed by atoms with van der Waals surface area (Å²) in [6, 6.07) is 0.379. The minimum Gasteiger partial charge on any atom is -0.464 e. The minimum atomic E-state index is -0.329. The van der Waals surface area contributed by atoms with Gasteiger partial charge in [0.25, 0.3) is 0 Å². The summed E-state index contributed by atoms with van der Waals surface area (Å²) in [5.74, 6) is -0.329. The largest absolute Gasteiger partial charge is 0.464 e. The standard InChI is InChI=1S/C13H27NO5/c1-4-19-13(16)11-18-9-6-14(12(2)3)5-8-17-10-7-15/h12,15H,4-11H2,1-3H3. The van der Waals surface area contributed by atoms with E-state index in [0.29, 0.717) is 32.5 Å². The monoisotopic (exact) mass is 277 g/mol. The fraction of sp³-hybridized carbons (Fsp3) is 0.923. The van der Waals surface area contributed by atoms with Crippen molar-refractivity contribution in [3.63, 3.8) is 0 Å². The van der Waals surface area contributed by atoms with Crippen molar-refractivity contribution >= 4 is 5.97 Å². The van der Waals surface area contributed by atoms with Crippen LogP contribution in [0.25, 0.3) is 0 Å². The van der Waals surface area contributed by atoms with Crippen LogP contribution >= 0.6 is 0 Å². The second-order valence-electron chi connectivity index (χ2n) is 4.32. The summed E-state index contributed by atoms with van der Waals surface area (Å²) in [6.45, 7) is 9.33. The number of carbonyl (C=O) groups excluding carboxylic acids is 1. The van der Waals surface area contributed by atoms with Crippen molar-refractivity contribution in [2.75, 3.05) is 52.7 Å². The molecule has 0 aromatic heterocycles. The molecule has 0 bridgehead atoms. The first-order valence-corrected chi connectivity index (χ1v) is 6.77. The Morgan fingerprint density at radius 2 is 1.79 bits per heavy atom. The number of nitrogens with zero attached hydrogens (tertiary/aromatic N) is 1. The Labute approximate surface area is 115 Å². The van der Waals surface area contributed by atoms with Crippen molar-refractivity contribution in [1.82, 2.24) is 4.90 Å². The highest BCUT2D eigenvalue weighted by atomic mass is 16.6. The van der Waals surface area contributed by atoms with Crippen LogP contribution in [-0.4, -0.2) is 74.7 Å². The van der Waals surface area contributed by atoms with Gasteiger partial charge >= 0.3 is 5.97 Å². The maximum atomic E-state index is 11.1. The molecular formula is C13H27NO5. The number of aliphatic hydroxyl groups is 1. The van der Waals surface area contributed by atoms with Gasteiger partial charge in [0.05, 0.1) is 33.0 Å². The average molecular weight is 277 g/mol. The van der Waals surface area contributed by atoms with Crippen LogP contribution in [0.3, 0.4) is 0 Å². The topological polar surface area (TPSA) is 68.2 Å². The van der Waals surface area contributed by atoms with Crippen molar-refractivity contribution < 1.29 is 24.1 Å². The van der Waals surface area contributed by atoms with Gasteiger partial charge in [-0.1, -0.05) is 0 Å². The third-order valence-corrected chi connectivity index (χ3v) is 2.54. The first kappa shape index (κ1) is 18.3. The molecule has 0 unspecified atom stereocenters. The van der Waals surface area contributed by atoms with Crippen LogP contribution in [0.5, 0.6) is 0 Å². The van der Waals surface area contributed by atoms with Crippen LogP contribution in [0.4, 0.5) is 0 Å². The molecule has 0 amide bonds. The van der Waals surface area contributed by atoms with Gasteiger partial charge in [-0.3, -0.25) is 4.90 Å². The Morgan fingerprint density at radius 3 is 2.32 bits per heavy atom. The molecule has 114 valence electrons. The van der Waals surface area contributed by atoms with Gasteiger partial charge in [0.2, 0.25) is 0 Å². The molecule has 6 nitrogen and oxygen atoms in total. The van der Waals surface area contributed by atoms with Crippen LogP contribution in [-0.2, 0) is 19.0 Å². The van der Waals surface area contributed by atoms with Gasteiger partial charge in [0.15, 0.2) is 0 Å². The number of hydrogen-bond acceptors (Lipinski definition) is 6. The molecule has 0 spiro atoms. The quantitative estimate of drug-likeness (QED) is 0.408. The summed E-state index contributed by atoms with van der Waals surface area (Å²) in [7, 11) is 0. The molecule has 6 heteroatoms. The SMILES string of the molecule is CCOC(=O)COCCN(CCOCCO)C(C)C. The van der Waals surface area contributed by atoms with Crippen LogP contribution in [0.15, 0.2) is 0 Å². The van der Waals surface area contributed by atoms with E-state index in [9.17, 15) is 4.79 Å². The van der Waals surface area contributed by atoms with E-state index < -0.39 is 0 Å². The predicted molar refractivity (Wildman–Crippen MR) is 72.1 cm³/mol. The van der Waals surface area contributed by atoms with E-state index in [2.05, 4.69) is 18.7 Å². The van der Waals surface area contributed by atoms with E-state index in [1.807, 2.05) is 0 Å². The number of aliphatic hydroxyl groups excluding tert-OH is 1. The molecule has 0 aliphatic heterocycles. The maximum absolute atomic E-state index is 11.1. The molecule has 0 rings (SSSR count). The van der Waals surface area contributed by atoms with Gasteiger partial charge in [-0.25, -0.2) is 4.79 Å². The van der Waals surface area contributed by atoms with Gasteiger partial charge in [0, 0.05) is 19.1 Å². The first-order chi connectivity index (χ1) is 9.11. The molecule has 1 N–H and O–H groups in total. The van der Waals surface area contributed by atoms with Crippen LogP contribution < -0.4 is 0 Å². The molecule has 0 aliphatic carbocycles. The number of ether oxygens (including phenoxy) is 3. The molecule has 0 fully saturated rings. The fourth-order valence-electron chi connectivity index (χ4n) is 1.52. The Hall–Kier alpha value is -0.690. The van der Waals surface area contributed by atoms with E-state index in [4.69, 9.17) is 19.3 Å². The minimum absolute atomic E-state index is 0.000781. The molecule has 0 heterocycles. The molecule has 19 heavy (non-hydrogen) atoms. The summed E-state index contributed by atoms with van der Waals surface area (Å²) in [5.41, 5.74) is 0. The van der Waals surface area contributed by atoms with Gasteiger partial charge < -0.3 is 19.3 Å². The Kier molecular flexibility index (Phi) is 11.9. The lowest BCUT2D eigenvalue weighted by molar-refractivity contribution is -0.148. The molecule has 0 saturated heterocycles. The van der Waals surface area contributed by atoms with Gasteiger partial charge in [-0.05, 0) is 20.8 Å². The van der Waals surface area contributed by atoms with Crippen molar-refractivity contribution in [3.8, 4) is 0 Å². The number of hydrogen-bond donors (Lipinski definition) is 1. The molecule has 0 aromatic carbocycles. The lowest BCUT2D eigenvalue weighted by Crippen LogP contribution is -2.37. The summed E-state index contributed by atoms with van der Waals surface area (Å²) >= 11 is 0. The van der Waals surface area contributed by atoms with Crippen molar-refractivity contribution in [3.05, 3.63) is 0 Å². The zero-order valence-corrected chi connectivity index (χ0v) is 12.3. The summed E-state index contributed by atoms with van der Waals surface area (Å²) in [5, 5.41) is 8.61. The van der Waals surface area contributed by atoms with E-state index in [1.54, 1.807) is 6.92 Å². The smallest absolute Gasteiger partial charge is 0.332 e. The lowest BCUT2D eigenvalue weighted by atomic mass is 10.3. The second-order valence-corrected chi connectivity index (χ2v) is 4.32. The van der Waals surface area contributed by atoms with Gasteiger partial charge in [0.1, 0.15) is 6.61 Å². The lowest BCUT2D eigenvalue weighted by Gasteiger charge is -2.26. The predicted octanol–water partition coefficient (Wildman–Crippen LogP) is 0.285. The Balaban J connectivity index is 3.67. The van der Waals surface area contributed by atoms with Crippen molar-refractivity contribution in [2.45, 2.75) is 26.8 Å². The van der Waals surface area contributed by atoms with Crippen molar-refractivity contribution in [2.24, 2.45) is 0 Å². The zero-order chi connectivity index (χ0) is 14.5. The summed E-state index contributed by atoms with van der Waals surface area (Å²) in [6.07, 6.45) is 0. The second kappa shape index (κ2) is 12.3. The number of carbonyl (C=O) groups is 1. The fourth-order valence-corrected chi connectivity index (χ4v) is 1.52. The highest BCUT2D eigenvalue weighted by Crippen LogP contribution is 1.98. The molecular weight excluding hydrogens is 250 g/mol.